The second-order valence-corrected chi connectivity index (χ2v) is 4.27. The highest BCUT2D eigenvalue weighted by molar-refractivity contribution is 5.74. The van der Waals surface area contributed by atoms with Crippen LogP contribution in [0.4, 0.5) is 4.79 Å². The Morgan fingerprint density at radius 1 is 1.59 bits per heavy atom. The van der Waals surface area contributed by atoms with E-state index >= 15 is 0 Å². The van der Waals surface area contributed by atoms with Gasteiger partial charge in [-0.3, -0.25) is 5.10 Å². The molecule has 0 aliphatic rings. The van der Waals surface area contributed by atoms with Gasteiger partial charge in [0.1, 0.15) is 0 Å². The van der Waals surface area contributed by atoms with Crippen LogP contribution in [-0.4, -0.2) is 34.0 Å². The van der Waals surface area contributed by atoms with Crippen LogP contribution in [0.25, 0.3) is 0 Å². The molecule has 0 radical (unpaired) electrons. The molecule has 1 aromatic rings. The summed E-state index contributed by atoms with van der Waals surface area (Å²) in [5, 5.41) is 21.0. The van der Waals surface area contributed by atoms with E-state index < -0.39 is 0 Å². The van der Waals surface area contributed by atoms with Gasteiger partial charge in [-0.1, -0.05) is 13.8 Å². The van der Waals surface area contributed by atoms with E-state index in [1.54, 1.807) is 12.3 Å². The van der Waals surface area contributed by atoms with Gasteiger partial charge in [-0.25, -0.2) is 4.79 Å². The van der Waals surface area contributed by atoms with Gasteiger partial charge in [0.05, 0.1) is 12.2 Å². The summed E-state index contributed by atoms with van der Waals surface area (Å²) in [5.41, 5.74) is 0.850. The second kappa shape index (κ2) is 6.90. The topological polar surface area (TPSA) is 90.0 Å². The molecule has 0 aliphatic carbocycles. The fraction of sp³-hybridized carbons (Fsp3) is 0.636. The molecule has 1 atom stereocenters. The van der Waals surface area contributed by atoms with Crippen molar-refractivity contribution in [2.75, 3.05) is 6.61 Å². The molecular weight excluding hydrogens is 220 g/mol. The molecule has 1 heterocycles. The molecule has 0 fully saturated rings. The fourth-order valence-electron chi connectivity index (χ4n) is 1.49. The van der Waals surface area contributed by atoms with Gasteiger partial charge < -0.3 is 15.7 Å². The van der Waals surface area contributed by atoms with Crippen molar-refractivity contribution in [3.63, 3.8) is 0 Å². The number of aliphatic hydroxyl groups is 1. The van der Waals surface area contributed by atoms with Gasteiger partial charge in [0.15, 0.2) is 0 Å². The van der Waals surface area contributed by atoms with E-state index in [0.717, 1.165) is 5.69 Å². The lowest BCUT2D eigenvalue weighted by Gasteiger charge is -2.21. The van der Waals surface area contributed by atoms with E-state index in [-0.39, 0.29) is 18.7 Å². The summed E-state index contributed by atoms with van der Waals surface area (Å²) in [6.45, 7) is 4.50. The Labute approximate surface area is 101 Å². The van der Waals surface area contributed by atoms with Gasteiger partial charge in [-0.15, -0.1) is 0 Å². The van der Waals surface area contributed by atoms with Crippen LogP contribution in [-0.2, 0) is 6.54 Å². The number of carbonyl (C=O) groups excluding carboxylic acids is 1. The molecule has 0 saturated heterocycles. The van der Waals surface area contributed by atoms with Crippen molar-refractivity contribution in [1.29, 1.82) is 0 Å². The van der Waals surface area contributed by atoms with Crippen LogP contribution in [0.3, 0.4) is 0 Å². The van der Waals surface area contributed by atoms with Crippen LogP contribution in [0.5, 0.6) is 0 Å². The molecule has 0 aromatic carbocycles. The number of H-pyrrole nitrogens is 1. The van der Waals surface area contributed by atoms with Crippen LogP contribution in [0, 0.1) is 5.92 Å². The molecule has 1 rings (SSSR count). The maximum atomic E-state index is 11.6. The Morgan fingerprint density at radius 2 is 2.35 bits per heavy atom. The van der Waals surface area contributed by atoms with E-state index in [2.05, 4.69) is 20.8 Å². The van der Waals surface area contributed by atoms with Gasteiger partial charge in [0.2, 0.25) is 0 Å². The smallest absolute Gasteiger partial charge is 0.315 e. The van der Waals surface area contributed by atoms with Gasteiger partial charge in [0, 0.05) is 18.8 Å². The zero-order valence-corrected chi connectivity index (χ0v) is 10.2. The zero-order valence-electron chi connectivity index (χ0n) is 10.2. The molecule has 0 saturated carbocycles. The third-order valence-corrected chi connectivity index (χ3v) is 2.56. The maximum absolute atomic E-state index is 11.6. The summed E-state index contributed by atoms with van der Waals surface area (Å²) in [6.07, 6.45) is 2.20. The number of aromatic nitrogens is 2. The lowest BCUT2D eigenvalue weighted by molar-refractivity contribution is 0.218. The quantitative estimate of drug-likeness (QED) is 0.587. The predicted molar refractivity (Wildman–Crippen MR) is 64.3 cm³/mol. The molecule has 0 spiro atoms. The monoisotopic (exact) mass is 240 g/mol. The Bertz CT molecular complexity index is 324. The standard InChI is InChI=1S/C11H20N4O2/c1-8(2)10(4-6-16)14-11(17)12-7-9-3-5-13-15-9/h3,5,8,10,16H,4,6-7H2,1-2H3,(H,13,15)(H2,12,14,17). The average molecular weight is 240 g/mol. The highest BCUT2D eigenvalue weighted by Crippen LogP contribution is 2.05. The van der Waals surface area contributed by atoms with E-state index in [1.807, 2.05) is 13.8 Å². The Morgan fingerprint density at radius 3 is 2.88 bits per heavy atom. The number of rotatable bonds is 6. The third kappa shape index (κ3) is 4.86. The van der Waals surface area contributed by atoms with Crippen molar-refractivity contribution < 1.29 is 9.90 Å². The van der Waals surface area contributed by atoms with Gasteiger partial charge in [-0.05, 0) is 18.4 Å². The number of carbonyl (C=O) groups is 1. The Kier molecular flexibility index (Phi) is 5.48. The van der Waals surface area contributed by atoms with E-state index in [9.17, 15) is 4.79 Å². The normalized spacial score (nSPS) is 12.5. The highest BCUT2D eigenvalue weighted by atomic mass is 16.3. The first-order valence-corrected chi connectivity index (χ1v) is 5.77. The van der Waals surface area contributed by atoms with Gasteiger partial charge >= 0.3 is 6.03 Å². The minimum atomic E-state index is -0.230. The summed E-state index contributed by atoms with van der Waals surface area (Å²) in [4.78, 5) is 11.6. The number of amides is 2. The molecular formula is C11H20N4O2. The summed E-state index contributed by atoms with van der Waals surface area (Å²) < 4.78 is 0. The highest BCUT2D eigenvalue weighted by Gasteiger charge is 2.15. The summed E-state index contributed by atoms with van der Waals surface area (Å²) in [5.74, 6) is 0.292. The Hall–Kier alpha value is -1.56. The molecule has 1 aromatic heterocycles. The van der Waals surface area contributed by atoms with Crippen molar-refractivity contribution >= 4 is 6.03 Å². The molecule has 6 nitrogen and oxygen atoms in total. The van der Waals surface area contributed by atoms with E-state index in [4.69, 9.17) is 5.11 Å². The molecule has 4 N–H and O–H groups in total. The van der Waals surface area contributed by atoms with Crippen LogP contribution in [0.1, 0.15) is 26.0 Å². The largest absolute Gasteiger partial charge is 0.396 e. The van der Waals surface area contributed by atoms with E-state index in [1.165, 1.54) is 0 Å². The van der Waals surface area contributed by atoms with Gasteiger partial charge in [0.25, 0.3) is 0 Å². The van der Waals surface area contributed by atoms with Crippen molar-refractivity contribution in [2.24, 2.45) is 5.92 Å². The Balaban J connectivity index is 2.32. The first-order valence-electron chi connectivity index (χ1n) is 5.77. The number of aliphatic hydroxyl groups excluding tert-OH is 1. The maximum Gasteiger partial charge on any atom is 0.315 e. The molecule has 0 aliphatic heterocycles. The fourth-order valence-corrected chi connectivity index (χ4v) is 1.49. The molecule has 1 unspecified atom stereocenters. The number of aromatic amines is 1. The molecule has 6 heteroatoms. The zero-order chi connectivity index (χ0) is 12.7. The number of urea groups is 1. The molecule has 0 bridgehead atoms. The predicted octanol–water partition coefficient (Wildman–Crippen LogP) is 0.616. The van der Waals surface area contributed by atoms with Gasteiger partial charge in [-0.2, -0.15) is 5.10 Å². The first kappa shape index (κ1) is 13.5. The van der Waals surface area contributed by atoms with Crippen molar-refractivity contribution in [3.8, 4) is 0 Å². The molecule has 17 heavy (non-hydrogen) atoms. The summed E-state index contributed by atoms with van der Waals surface area (Å²) in [6, 6.07) is 1.56. The summed E-state index contributed by atoms with van der Waals surface area (Å²) >= 11 is 0. The van der Waals surface area contributed by atoms with Crippen LogP contribution >= 0.6 is 0 Å². The van der Waals surface area contributed by atoms with Crippen LogP contribution in [0.15, 0.2) is 12.3 Å². The molecule has 2 amide bonds. The molecule has 96 valence electrons. The summed E-state index contributed by atoms with van der Waals surface area (Å²) in [7, 11) is 0. The van der Waals surface area contributed by atoms with E-state index in [0.29, 0.717) is 18.9 Å². The van der Waals surface area contributed by atoms with Crippen LogP contribution in [0.2, 0.25) is 0 Å². The lowest BCUT2D eigenvalue weighted by atomic mass is 10.0. The lowest BCUT2D eigenvalue weighted by Crippen LogP contribution is -2.44. The number of hydrogen-bond acceptors (Lipinski definition) is 3. The second-order valence-electron chi connectivity index (χ2n) is 4.27. The average Bonchev–Trinajstić information content (AvgIpc) is 2.78. The minimum Gasteiger partial charge on any atom is -0.396 e. The number of nitrogens with zero attached hydrogens (tertiary/aromatic N) is 1. The van der Waals surface area contributed by atoms with Crippen molar-refractivity contribution in [2.45, 2.75) is 32.9 Å². The van der Waals surface area contributed by atoms with Crippen molar-refractivity contribution in [3.05, 3.63) is 18.0 Å². The SMILES string of the molecule is CC(C)C(CCO)NC(=O)NCc1ccn[nH]1. The van der Waals surface area contributed by atoms with Crippen molar-refractivity contribution in [1.82, 2.24) is 20.8 Å². The number of nitrogens with one attached hydrogen (secondary N) is 3. The third-order valence-electron chi connectivity index (χ3n) is 2.56. The first-order chi connectivity index (χ1) is 8.13. The minimum absolute atomic E-state index is 0.0123. The van der Waals surface area contributed by atoms with Crippen LogP contribution < -0.4 is 10.6 Å². The number of hydrogen-bond donors (Lipinski definition) is 4.